The van der Waals surface area contributed by atoms with Crippen molar-refractivity contribution in [3.63, 3.8) is 0 Å². The number of likely N-dealkylation sites (N-methyl/N-ethyl adjacent to an activating group) is 2. The van der Waals surface area contributed by atoms with Gasteiger partial charge in [-0.25, -0.2) is 27.8 Å². The lowest BCUT2D eigenvalue weighted by molar-refractivity contribution is -0.438. The van der Waals surface area contributed by atoms with Crippen LogP contribution in [0.25, 0.3) is 0 Å². The van der Waals surface area contributed by atoms with Crippen molar-refractivity contribution in [1.29, 1.82) is 0 Å². The summed E-state index contributed by atoms with van der Waals surface area (Å²) in [4.78, 5) is 117. The van der Waals surface area contributed by atoms with Crippen molar-refractivity contribution in [2.45, 2.75) is 165 Å². The van der Waals surface area contributed by atoms with Gasteiger partial charge in [0.25, 0.3) is 20.2 Å². The van der Waals surface area contributed by atoms with Crippen molar-refractivity contribution in [3.8, 4) is 5.75 Å². The molecule has 3 atom stereocenters. The zero-order chi connectivity index (χ0) is 84.0. The molecule has 34 nitrogen and oxygen atoms in total. The van der Waals surface area contributed by atoms with Crippen LogP contribution in [0, 0.1) is 5.92 Å². The number of ketones is 2. The fourth-order valence-electron chi connectivity index (χ4n) is 13.3. The Morgan fingerprint density at radius 3 is 2.01 bits per heavy atom. The first-order valence-corrected chi connectivity index (χ1v) is 42.0. The number of nitrogens with zero attached hydrogens (tertiary/aromatic N) is 5. The minimum absolute atomic E-state index is 0.0388. The molecule has 4 aromatic rings. The number of aliphatic carboxylic acids is 3. The number of hydrogen-bond donors (Lipinski definition) is 9. The normalized spacial score (nSPS) is 15.9. The number of para-hydroxylation sites is 1. The highest BCUT2D eigenvalue weighted by Crippen LogP contribution is 2.49. The average Bonchev–Trinajstić information content (AvgIpc) is 1.60. The molecule has 113 heavy (non-hydrogen) atoms. The minimum Gasteiger partial charge on any atom is -0.748 e. The zero-order valence-electron chi connectivity index (χ0n) is 63.7. The molecule has 3 aliphatic rings. The van der Waals surface area contributed by atoms with Crippen LogP contribution in [0.5, 0.6) is 5.75 Å². The van der Waals surface area contributed by atoms with Crippen molar-refractivity contribution in [3.05, 3.63) is 149 Å². The number of H-pyrrole nitrogens is 1. The molecule has 3 heterocycles. The molecule has 0 radical (unpaired) electrons. The molecule has 9 N–H and O–H groups in total. The molecule has 618 valence electrons. The number of hydrogen-bond acceptors (Lipinski definition) is 24. The van der Waals surface area contributed by atoms with Crippen LogP contribution in [0.4, 0.5) is 16.2 Å². The summed E-state index contributed by atoms with van der Waals surface area (Å²) in [5.74, 6) is -5.75. The van der Waals surface area contributed by atoms with Crippen LogP contribution in [0.15, 0.2) is 131 Å². The Morgan fingerprint density at radius 1 is 0.735 bits per heavy atom. The average molecular weight is 1650 g/mol. The van der Waals surface area contributed by atoms with Crippen molar-refractivity contribution < 1.29 is 119 Å². The zero-order valence-corrected chi connectivity index (χ0v) is 67.0. The van der Waals surface area contributed by atoms with E-state index in [0.29, 0.717) is 111 Å². The molecule has 1 aromatic heterocycles. The number of fused-ring (bicyclic) bond motifs is 2. The van der Waals surface area contributed by atoms with Gasteiger partial charge in [-0.1, -0.05) is 50.3 Å². The van der Waals surface area contributed by atoms with Crippen LogP contribution in [-0.2, 0) is 103 Å². The third-order valence-electron chi connectivity index (χ3n) is 19.2. The number of nitrogens with one attached hydrogen (secondary N) is 4. The molecule has 2 aliphatic heterocycles. The number of carbonyl (C=O) groups is 7. The van der Waals surface area contributed by atoms with E-state index in [9.17, 15) is 82.7 Å². The number of anilines is 1. The third kappa shape index (κ3) is 31.3. The van der Waals surface area contributed by atoms with E-state index in [1.54, 1.807) is 30.3 Å². The number of allylic oxidation sites excluding steroid dienone is 7. The van der Waals surface area contributed by atoms with Gasteiger partial charge in [-0.05, 0) is 157 Å². The monoisotopic (exact) mass is 1650 g/mol. The summed E-state index contributed by atoms with van der Waals surface area (Å²) in [5, 5.41) is 36.3. The highest BCUT2D eigenvalue weighted by atomic mass is 32.2. The fraction of sp³-hybridized carbons (Fsp3) is 0.493. The predicted octanol–water partition coefficient (Wildman–Crippen LogP) is 6.05. The Labute approximate surface area is 658 Å². The number of aromatic nitrogens is 2. The third-order valence-corrected chi connectivity index (χ3v) is 21.7. The van der Waals surface area contributed by atoms with Gasteiger partial charge >= 0.3 is 40.7 Å². The summed E-state index contributed by atoms with van der Waals surface area (Å²) in [6, 6.07) is 15.5. The maximum absolute atomic E-state index is 14.2. The Morgan fingerprint density at radius 2 is 1.39 bits per heavy atom. The van der Waals surface area contributed by atoms with Crippen molar-refractivity contribution in [2.24, 2.45) is 5.92 Å². The number of carbonyl (C=O) groups excluding carboxylic acids is 6. The second kappa shape index (κ2) is 44.0. The van der Waals surface area contributed by atoms with E-state index < -0.39 is 111 Å². The number of aromatic amines is 1. The largest absolute Gasteiger partial charge is 0.748 e. The topological polar surface area (TPSA) is 518 Å². The fourth-order valence-corrected chi connectivity index (χ4v) is 15.0. The number of carboxylic acid groups (broad SMARTS) is 3. The first kappa shape index (κ1) is 93.8. The summed E-state index contributed by atoms with van der Waals surface area (Å²) in [6.45, 7) is 10.8. The number of carboxylic acids is 3. The van der Waals surface area contributed by atoms with E-state index in [2.05, 4.69) is 44.3 Å². The molecule has 0 saturated carbocycles. The maximum atomic E-state index is 14.2. The highest BCUT2D eigenvalue weighted by molar-refractivity contribution is 7.86. The van der Waals surface area contributed by atoms with Gasteiger partial charge < -0.3 is 60.2 Å². The van der Waals surface area contributed by atoms with Crippen molar-refractivity contribution in [2.75, 3.05) is 76.3 Å². The van der Waals surface area contributed by atoms with Crippen LogP contribution in [0.2, 0.25) is 0 Å². The summed E-state index contributed by atoms with van der Waals surface area (Å²) in [5.41, 5.74) is 6.09. The lowest BCUT2D eigenvalue weighted by atomic mass is 9.81. The molecule has 0 fully saturated rings. The molecule has 1 aliphatic carbocycles. The van der Waals surface area contributed by atoms with Crippen molar-refractivity contribution >= 4 is 106 Å². The van der Waals surface area contributed by atoms with Crippen LogP contribution in [-0.4, -0.2) is 228 Å². The molecule has 3 amide bonds. The summed E-state index contributed by atoms with van der Waals surface area (Å²) in [7, 11) is -12.7. The Balaban J connectivity index is 0.00000313. The first-order valence-electron chi connectivity index (χ1n) is 36.3. The SMILES string of the molecule is CN(CCCC(=O)CC[C@H](NC(=O)NCCCC(=O)O)C(=O)O)CCN(C)CCC(=O)C[C@@H](Cc1cnc[nH]1)C(=O)N[C@@H](Cc1ccc(OC2=C(/C=C/C3=[N+](CCCCS(=O)(=O)[O-])c4ccccc4C3(C)C)CCC/C2=C\C=C2\N(CCCCS(=O)(=O)O)c3ccc(S(=O)(=O)O)cc3C2(C)C)cc1)C(=O)O.O=C=O.O=S(=O)=O. The number of Topliss-reactive ketones (excluding diaryl/α,β-unsaturated/α-hetero) is 2. The van der Waals surface area contributed by atoms with E-state index in [1.807, 2.05) is 91.2 Å². The van der Waals surface area contributed by atoms with Gasteiger partial charge in [0.2, 0.25) is 11.6 Å². The lowest BCUT2D eigenvalue weighted by Crippen LogP contribution is -2.46. The smallest absolute Gasteiger partial charge is 0.425 e. The number of amides is 3. The minimum atomic E-state index is -4.61. The predicted molar refractivity (Wildman–Crippen MR) is 410 cm³/mol. The van der Waals surface area contributed by atoms with Crippen LogP contribution in [0.3, 0.4) is 0 Å². The van der Waals surface area contributed by atoms with Gasteiger partial charge in [0.05, 0.1) is 38.4 Å². The second-order valence-corrected chi connectivity index (χ2v) is 33.5. The van der Waals surface area contributed by atoms with Gasteiger partial charge in [-0.3, -0.25) is 28.3 Å². The quantitative estimate of drug-likeness (QED) is 0.0138. The van der Waals surface area contributed by atoms with Gasteiger partial charge in [0.15, 0.2) is 5.71 Å². The van der Waals surface area contributed by atoms with Crippen LogP contribution >= 0.6 is 0 Å². The standard InChI is InChI=1S/C74H99N9O20S3.CO2.O3S/c1-73(2)59-19-7-8-20-63(59)82(37-9-11-42-104(94,95)96)65(73)32-24-51-16-13-17-52(25-33-66-74(3,4)60-47-58(106(100,101)102)29-31-64(60)83(66)38-10-12-43-105(97,98)99)68(51)103-57-27-22-50(23-28-57)44-62(71(91)92)78-69(88)53(45-54-48-75-49-77-54)46-56(85)34-39-81(6)41-40-80(5)36-15-18-55(84)26-30-61(70(89)90)79-72(93)76-35-14-21-67(86)87;2-1-3;1-4(2)3/h7-8,19-20,22-25,27-29,31-33,47-49,53,61-62H,9-18,21,26,30,34-46H2,1-6H3,(H9-,75,76,77,78,79,86,87,88,89,90,91,92,93,94,95,96,97,98,99,100,101,102);;/t53-,61+,62+;;/m1../s1. The molecule has 3 aromatic carbocycles. The molecule has 0 bridgehead atoms. The number of urea groups is 1. The molecular formula is C75H99N9O25S4. The molecule has 0 saturated heterocycles. The van der Waals surface area contributed by atoms with E-state index >= 15 is 0 Å². The number of rotatable bonds is 44. The van der Waals surface area contributed by atoms with Gasteiger partial charge in [-0.2, -0.15) is 31.0 Å². The van der Waals surface area contributed by atoms with Crippen LogP contribution < -0.4 is 25.6 Å². The van der Waals surface area contributed by atoms with E-state index in [1.165, 1.54) is 24.7 Å². The maximum Gasteiger partial charge on any atom is 0.425 e. The first-order chi connectivity index (χ1) is 53.0. The van der Waals surface area contributed by atoms with Gasteiger partial charge in [0.1, 0.15) is 41.7 Å². The van der Waals surface area contributed by atoms with Gasteiger partial charge in [-0.15, -0.1) is 12.6 Å². The second-order valence-electron chi connectivity index (χ2n) is 28.5. The number of unbranched alkanes of at least 4 members (excludes halogenated alkanes) is 2. The molecular weight excluding hydrogens is 1560 g/mol. The van der Waals surface area contributed by atoms with E-state index in [4.69, 9.17) is 32.1 Å². The van der Waals surface area contributed by atoms with E-state index in [0.717, 1.165) is 28.1 Å². The van der Waals surface area contributed by atoms with Crippen LogP contribution in [0.1, 0.15) is 146 Å². The Kier molecular flexibility index (Phi) is 36.6. The summed E-state index contributed by atoms with van der Waals surface area (Å²) >= 11 is 0. The summed E-state index contributed by atoms with van der Waals surface area (Å²) in [6.07, 6.45) is 14.2. The van der Waals surface area contributed by atoms with E-state index in [-0.39, 0.29) is 106 Å². The Bertz CT molecular complexity index is 4700. The molecule has 38 heteroatoms. The highest BCUT2D eigenvalue weighted by Gasteiger charge is 2.45. The number of benzene rings is 3. The number of ether oxygens (including phenoxy) is 1. The van der Waals surface area contributed by atoms with Crippen molar-refractivity contribution in [1.82, 2.24) is 35.7 Å². The van der Waals surface area contributed by atoms with Gasteiger partial charge in [0, 0.05) is 136 Å². The molecule has 7 rings (SSSR count). The lowest BCUT2D eigenvalue weighted by Gasteiger charge is -2.27. The summed E-state index contributed by atoms with van der Waals surface area (Å²) < 4.78 is 137. The number of imidazole rings is 1. The molecule has 0 unspecified atom stereocenters. The Hall–Kier alpha value is -9.76. The molecule has 0 spiro atoms.